The smallest absolute Gasteiger partial charge is 0.355 e. The Morgan fingerprint density at radius 1 is 1.44 bits per heavy atom. The van der Waals surface area contributed by atoms with Crippen molar-refractivity contribution in [3.8, 4) is 0 Å². The fourth-order valence-corrected chi connectivity index (χ4v) is 2.20. The minimum absolute atomic E-state index is 0.0631. The molecule has 1 fully saturated rings. The van der Waals surface area contributed by atoms with Gasteiger partial charge in [-0.15, -0.1) is 11.3 Å². The molecule has 18 heavy (non-hydrogen) atoms. The third kappa shape index (κ3) is 3.99. The van der Waals surface area contributed by atoms with Gasteiger partial charge in [0.2, 0.25) is 0 Å². The number of nitrogens with zero attached hydrogens (tertiary/aromatic N) is 1. The normalized spacial score (nSPS) is 14.2. The highest BCUT2D eigenvalue weighted by Crippen LogP contribution is 2.27. The van der Waals surface area contributed by atoms with Crippen molar-refractivity contribution in [2.45, 2.75) is 19.3 Å². The quantitative estimate of drug-likeness (QED) is 0.721. The Bertz CT molecular complexity index is 442. The first-order chi connectivity index (χ1) is 8.65. The average molecular weight is 269 g/mol. The molecule has 0 aromatic carbocycles. The van der Waals surface area contributed by atoms with E-state index in [0.29, 0.717) is 18.9 Å². The molecule has 7 heteroatoms. The Hall–Kier alpha value is -1.63. The molecule has 0 aliphatic heterocycles. The number of carbonyl (C=O) groups is 2. The Labute approximate surface area is 108 Å². The van der Waals surface area contributed by atoms with Crippen LogP contribution in [0, 0.1) is 5.92 Å². The van der Waals surface area contributed by atoms with Crippen molar-refractivity contribution in [1.82, 2.24) is 15.6 Å². The molecule has 0 radical (unpaired) electrons. The number of hydrogen-bond acceptors (Lipinski definition) is 4. The molecule has 2 amide bonds. The molecule has 0 saturated heterocycles. The lowest BCUT2D eigenvalue weighted by atomic mass is 10.4. The summed E-state index contributed by atoms with van der Waals surface area (Å²) in [5.41, 5.74) is 0.0631. The number of thiazole rings is 1. The van der Waals surface area contributed by atoms with Gasteiger partial charge in [0, 0.05) is 24.9 Å². The number of hydrogen-bond donors (Lipinski definition) is 3. The van der Waals surface area contributed by atoms with Crippen LogP contribution in [0.1, 0.15) is 28.3 Å². The molecular formula is C11H15N3O3S. The molecule has 1 aliphatic carbocycles. The van der Waals surface area contributed by atoms with Crippen molar-refractivity contribution in [2.24, 2.45) is 5.92 Å². The summed E-state index contributed by atoms with van der Waals surface area (Å²) < 4.78 is 0. The summed E-state index contributed by atoms with van der Waals surface area (Å²) in [7, 11) is 0. The van der Waals surface area contributed by atoms with Crippen molar-refractivity contribution in [2.75, 3.05) is 13.1 Å². The number of urea groups is 1. The highest BCUT2D eigenvalue weighted by Gasteiger charge is 2.21. The van der Waals surface area contributed by atoms with Crippen molar-refractivity contribution < 1.29 is 14.7 Å². The Morgan fingerprint density at radius 2 is 2.22 bits per heavy atom. The van der Waals surface area contributed by atoms with E-state index in [4.69, 9.17) is 5.11 Å². The van der Waals surface area contributed by atoms with Crippen LogP contribution >= 0.6 is 11.3 Å². The fraction of sp³-hybridized carbons (Fsp3) is 0.545. The lowest BCUT2D eigenvalue weighted by Gasteiger charge is -2.05. The number of carboxylic acids is 1. The summed E-state index contributed by atoms with van der Waals surface area (Å²) in [6.45, 7) is 1.20. The molecule has 2 rings (SSSR count). The topological polar surface area (TPSA) is 91.3 Å². The lowest BCUT2D eigenvalue weighted by molar-refractivity contribution is 0.0691. The van der Waals surface area contributed by atoms with Gasteiger partial charge in [0.05, 0.1) is 5.01 Å². The summed E-state index contributed by atoms with van der Waals surface area (Å²) in [5, 5.41) is 16.4. The monoisotopic (exact) mass is 269 g/mol. The molecule has 3 N–H and O–H groups in total. The number of rotatable bonds is 6. The molecule has 6 nitrogen and oxygen atoms in total. The predicted molar refractivity (Wildman–Crippen MR) is 66.9 cm³/mol. The van der Waals surface area contributed by atoms with Gasteiger partial charge in [0.15, 0.2) is 5.69 Å². The third-order valence-electron chi connectivity index (χ3n) is 2.64. The summed E-state index contributed by atoms with van der Waals surface area (Å²) in [4.78, 5) is 25.9. The molecule has 0 bridgehead atoms. The maximum Gasteiger partial charge on any atom is 0.355 e. The zero-order valence-electron chi connectivity index (χ0n) is 9.81. The Morgan fingerprint density at radius 3 is 2.83 bits per heavy atom. The maximum atomic E-state index is 11.3. The van der Waals surface area contributed by atoms with Gasteiger partial charge in [-0.05, 0) is 18.8 Å². The summed E-state index contributed by atoms with van der Waals surface area (Å²) in [5.74, 6) is -0.361. The maximum absolute atomic E-state index is 11.3. The Balaban J connectivity index is 1.64. The zero-order chi connectivity index (χ0) is 13.0. The number of aromatic nitrogens is 1. The van der Waals surface area contributed by atoms with Crippen LogP contribution in [0.25, 0.3) is 0 Å². The molecule has 98 valence electrons. The van der Waals surface area contributed by atoms with Crippen molar-refractivity contribution in [3.05, 3.63) is 16.1 Å². The van der Waals surface area contributed by atoms with E-state index >= 15 is 0 Å². The molecule has 0 atom stereocenters. The minimum Gasteiger partial charge on any atom is -0.476 e. The number of aromatic carboxylic acids is 1. The van der Waals surface area contributed by atoms with Crippen molar-refractivity contribution >= 4 is 23.3 Å². The third-order valence-corrected chi connectivity index (χ3v) is 3.55. The highest BCUT2D eigenvalue weighted by atomic mass is 32.1. The second kappa shape index (κ2) is 5.81. The molecule has 0 spiro atoms. The summed E-state index contributed by atoms with van der Waals surface area (Å²) in [6.07, 6.45) is 2.96. The van der Waals surface area contributed by atoms with Gasteiger partial charge < -0.3 is 15.7 Å². The van der Waals surface area contributed by atoms with Gasteiger partial charge in [0.25, 0.3) is 0 Å². The van der Waals surface area contributed by atoms with Crippen LogP contribution in [0.2, 0.25) is 0 Å². The van der Waals surface area contributed by atoms with Gasteiger partial charge >= 0.3 is 12.0 Å². The van der Waals surface area contributed by atoms with E-state index < -0.39 is 5.97 Å². The fourth-order valence-electron chi connectivity index (χ4n) is 1.43. The van der Waals surface area contributed by atoms with Crippen LogP contribution in [0.15, 0.2) is 5.38 Å². The average Bonchev–Trinajstić information content (AvgIpc) is 3.04. The molecule has 0 unspecified atom stereocenters. The van der Waals surface area contributed by atoms with Gasteiger partial charge in [-0.25, -0.2) is 14.6 Å². The van der Waals surface area contributed by atoms with Gasteiger partial charge in [-0.3, -0.25) is 0 Å². The van der Waals surface area contributed by atoms with Crippen LogP contribution in [0.3, 0.4) is 0 Å². The molecule has 1 aromatic rings. The van der Waals surface area contributed by atoms with Crippen LogP contribution in [0.4, 0.5) is 4.79 Å². The van der Waals surface area contributed by atoms with Crippen molar-refractivity contribution in [3.63, 3.8) is 0 Å². The van der Waals surface area contributed by atoms with E-state index in [-0.39, 0.29) is 11.7 Å². The van der Waals surface area contributed by atoms with Crippen LogP contribution in [-0.4, -0.2) is 35.2 Å². The van der Waals surface area contributed by atoms with Crippen molar-refractivity contribution in [1.29, 1.82) is 0 Å². The number of carbonyl (C=O) groups excluding carboxylic acids is 1. The minimum atomic E-state index is -1.02. The number of carboxylic acid groups (broad SMARTS) is 1. The lowest BCUT2D eigenvalue weighted by Crippen LogP contribution is -2.37. The zero-order valence-corrected chi connectivity index (χ0v) is 10.6. The van der Waals surface area contributed by atoms with Crippen LogP contribution < -0.4 is 10.6 Å². The molecule has 1 aromatic heterocycles. The first kappa shape index (κ1) is 12.8. The second-order valence-electron chi connectivity index (χ2n) is 4.26. The molecular weight excluding hydrogens is 254 g/mol. The highest BCUT2D eigenvalue weighted by molar-refractivity contribution is 7.09. The number of nitrogens with one attached hydrogen (secondary N) is 2. The summed E-state index contributed by atoms with van der Waals surface area (Å²) in [6, 6.07) is -0.170. The Kier molecular flexibility index (Phi) is 4.14. The first-order valence-electron chi connectivity index (χ1n) is 5.84. The van der Waals surface area contributed by atoms with Gasteiger partial charge in [0.1, 0.15) is 0 Å². The standard InChI is InChI=1S/C11H15N3O3S/c15-10(16)8-6-18-9(14-8)3-4-12-11(17)13-5-7-1-2-7/h6-7H,1-5H2,(H,15,16)(H2,12,13,17). The van der Waals surface area contributed by atoms with E-state index in [0.717, 1.165) is 11.6 Å². The van der Waals surface area contributed by atoms with Gasteiger partial charge in [-0.1, -0.05) is 0 Å². The molecule has 1 aliphatic rings. The van der Waals surface area contributed by atoms with E-state index in [2.05, 4.69) is 15.6 Å². The largest absolute Gasteiger partial charge is 0.476 e. The molecule has 1 heterocycles. The van der Waals surface area contributed by atoms with Gasteiger partial charge in [-0.2, -0.15) is 0 Å². The van der Waals surface area contributed by atoms with Crippen LogP contribution in [-0.2, 0) is 6.42 Å². The SMILES string of the molecule is O=C(NCCc1nc(C(=O)O)cs1)NCC1CC1. The van der Waals surface area contributed by atoms with E-state index in [1.54, 1.807) is 0 Å². The van der Waals surface area contributed by atoms with Crippen LogP contribution in [0.5, 0.6) is 0 Å². The van der Waals surface area contributed by atoms with E-state index in [9.17, 15) is 9.59 Å². The first-order valence-corrected chi connectivity index (χ1v) is 6.72. The number of amides is 2. The second-order valence-corrected chi connectivity index (χ2v) is 5.20. The molecule has 1 saturated carbocycles. The van der Waals surface area contributed by atoms with E-state index in [1.807, 2.05) is 0 Å². The van der Waals surface area contributed by atoms with E-state index in [1.165, 1.54) is 29.6 Å². The predicted octanol–water partition coefficient (Wildman–Crippen LogP) is 1.09. The summed E-state index contributed by atoms with van der Waals surface area (Å²) >= 11 is 1.29.